The Morgan fingerprint density at radius 1 is 1.14 bits per heavy atom. The molecule has 1 aromatic heterocycles. The van der Waals surface area contributed by atoms with Crippen LogP contribution in [-0.4, -0.2) is 43.8 Å². The fraction of sp³-hybridized carbons (Fsp3) is 0.263. The normalized spacial score (nSPS) is 11.7. The van der Waals surface area contributed by atoms with Crippen LogP contribution in [0.5, 0.6) is 0 Å². The summed E-state index contributed by atoms with van der Waals surface area (Å²) in [5.74, 6) is -0.485. The molecule has 0 unspecified atom stereocenters. The number of anilines is 2. The Hall–Kier alpha value is -2.69. The van der Waals surface area contributed by atoms with Gasteiger partial charge in [0, 0.05) is 26.3 Å². The first-order valence-corrected chi connectivity index (χ1v) is 11.1. The maximum Gasteiger partial charge on any atom is 0.308 e. The summed E-state index contributed by atoms with van der Waals surface area (Å²) < 4.78 is 29.9. The zero-order valence-corrected chi connectivity index (χ0v) is 18.0. The van der Waals surface area contributed by atoms with E-state index < -0.39 is 16.1 Å². The first-order valence-electron chi connectivity index (χ1n) is 8.92. The number of hydrogen-bond donors (Lipinski definition) is 1. The van der Waals surface area contributed by atoms with Gasteiger partial charge in [-0.25, -0.2) is 4.31 Å². The lowest BCUT2D eigenvalue weighted by molar-refractivity contribution is -0.114. The topological polar surface area (TPSA) is 91.7 Å². The fourth-order valence-corrected chi connectivity index (χ4v) is 4.93. The van der Waals surface area contributed by atoms with E-state index in [1.54, 1.807) is 53.1 Å². The highest BCUT2D eigenvalue weighted by Gasteiger charge is 2.27. The van der Waals surface area contributed by atoms with Crippen LogP contribution in [0.25, 0.3) is 10.2 Å². The predicted molar refractivity (Wildman–Crippen MR) is 117 cm³/mol. The molecule has 154 valence electrons. The minimum absolute atomic E-state index is 0.0571. The van der Waals surface area contributed by atoms with Gasteiger partial charge >= 0.3 is 15.1 Å². The SMILES string of the molecule is CCn1c(=O)sc2cc(NC(=O)CN(c3ccccc3)S(=O)(=O)N(C)C)ccc21. The van der Waals surface area contributed by atoms with Crippen LogP contribution in [-0.2, 0) is 21.5 Å². The van der Waals surface area contributed by atoms with E-state index in [1.807, 2.05) is 6.92 Å². The molecule has 0 saturated carbocycles. The summed E-state index contributed by atoms with van der Waals surface area (Å²) in [6.45, 7) is 2.08. The molecule has 0 radical (unpaired) electrons. The molecule has 2 aromatic carbocycles. The van der Waals surface area contributed by atoms with Gasteiger partial charge in [0.05, 0.1) is 15.9 Å². The van der Waals surface area contributed by atoms with E-state index in [2.05, 4.69) is 5.32 Å². The second kappa shape index (κ2) is 8.36. The van der Waals surface area contributed by atoms with Crippen molar-refractivity contribution in [1.82, 2.24) is 8.87 Å². The van der Waals surface area contributed by atoms with Crippen LogP contribution in [0.15, 0.2) is 53.3 Å². The highest BCUT2D eigenvalue weighted by molar-refractivity contribution is 7.90. The van der Waals surface area contributed by atoms with Crippen LogP contribution >= 0.6 is 11.3 Å². The molecule has 0 spiro atoms. The summed E-state index contributed by atoms with van der Waals surface area (Å²) in [5.41, 5.74) is 1.70. The number of aromatic nitrogens is 1. The van der Waals surface area contributed by atoms with Gasteiger partial charge in [0.15, 0.2) is 0 Å². The standard InChI is InChI=1S/C19H22N4O4S2/c1-4-22-16-11-10-14(12-17(16)28-19(22)25)20-18(24)13-23(29(26,27)21(2)3)15-8-6-5-7-9-15/h5-12H,4,13H2,1-3H3,(H,20,24). The molecule has 0 bridgehead atoms. The van der Waals surface area contributed by atoms with Crippen molar-refractivity contribution in [2.75, 3.05) is 30.3 Å². The Bertz CT molecular complexity index is 1180. The van der Waals surface area contributed by atoms with Crippen molar-refractivity contribution in [3.8, 4) is 0 Å². The number of fused-ring (bicyclic) bond motifs is 1. The first kappa shape index (κ1) is 21.0. The van der Waals surface area contributed by atoms with Gasteiger partial charge in [-0.3, -0.25) is 14.2 Å². The minimum atomic E-state index is -3.86. The molecule has 0 aliphatic rings. The summed E-state index contributed by atoms with van der Waals surface area (Å²) in [6.07, 6.45) is 0. The number of carbonyl (C=O) groups is 1. The molecular weight excluding hydrogens is 412 g/mol. The Morgan fingerprint density at radius 3 is 2.45 bits per heavy atom. The van der Waals surface area contributed by atoms with Crippen molar-refractivity contribution in [1.29, 1.82) is 0 Å². The molecule has 8 nitrogen and oxygen atoms in total. The van der Waals surface area contributed by atoms with Crippen molar-refractivity contribution < 1.29 is 13.2 Å². The van der Waals surface area contributed by atoms with Crippen molar-refractivity contribution in [2.45, 2.75) is 13.5 Å². The second-order valence-electron chi connectivity index (χ2n) is 6.48. The summed E-state index contributed by atoms with van der Waals surface area (Å²) in [4.78, 5) is 24.6. The van der Waals surface area contributed by atoms with Crippen LogP contribution in [0.3, 0.4) is 0 Å². The average Bonchev–Trinajstić information content (AvgIpc) is 3.00. The molecule has 1 N–H and O–H groups in total. The molecule has 29 heavy (non-hydrogen) atoms. The number of thiazole rings is 1. The largest absolute Gasteiger partial charge is 0.324 e. The highest BCUT2D eigenvalue weighted by atomic mass is 32.2. The molecule has 0 aliphatic heterocycles. The molecule has 10 heteroatoms. The minimum Gasteiger partial charge on any atom is -0.324 e. The van der Waals surface area contributed by atoms with Gasteiger partial charge < -0.3 is 5.32 Å². The number of benzene rings is 2. The second-order valence-corrected chi connectivity index (χ2v) is 9.54. The third-order valence-electron chi connectivity index (χ3n) is 4.34. The highest BCUT2D eigenvalue weighted by Crippen LogP contribution is 2.23. The first-order chi connectivity index (χ1) is 13.7. The molecule has 0 atom stereocenters. The zero-order chi connectivity index (χ0) is 21.2. The van der Waals surface area contributed by atoms with Crippen LogP contribution in [0.1, 0.15) is 6.92 Å². The molecule has 3 rings (SSSR count). The van der Waals surface area contributed by atoms with E-state index in [9.17, 15) is 18.0 Å². The number of rotatable bonds is 7. The fourth-order valence-electron chi connectivity index (χ4n) is 2.87. The Labute approximate surface area is 173 Å². The van der Waals surface area contributed by atoms with E-state index in [1.165, 1.54) is 14.1 Å². The van der Waals surface area contributed by atoms with E-state index in [4.69, 9.17) is 0 Å². The van der Waals surface area contributed by atoms with Crippen molar-refractivity contribution in [2.24, 2.45) is 0 Å². The van der Waals surface area contributed by atoms with E-state index >= 15 is 0 Å². The van der Waals surface area contributed by atoms with Crippen LogP contribution in [0.2, 0.25) is 0 Å². The number of carbonyl (C=O) groups excluding carboxylic acids is 1. The monoisotopic (exact) mass is 434 g/mol. The van der Waals surface area contributed by atoms with E-state index in [0.717, 1.165) is 30.2 Å². The number of nitrogens with one attached hydrogen (secondary N) is 1. The third kappa shape index (κ3) is 4.34. The van der Waals surface area contributed by atoms with Crippen molar-refractivity contribution in [3.05, 3.63) is 58.2 Å². The molecule has 3 aromatic rings. The predicted octanol–water partition coefficient (Wildman–Crippen LogP) is 2.33. The summed E-state index contributed by atoms with van der Waals surface area (Å²) in [6, 6.07) is 13.6. The zero-order valence-electron chi connectivity index (χ0n) is 16.3. The number of nitrogens with zero attached hydrogens (tertiary/aromatic N) is 3. The summed E-state index contributed by atoms with van der Waals surface area (Å²) >= 11 is 1.11. The quantitative estimate of drug-likeness (QED) is 0.618. The van der Waals surface area contributed by atoms with Gasteiger partial charge in [0.25, 0.3) is 0 Å². The van der Waals surface area contributed by atoms with Gasteiger partial charge in [0.1, 0.15) is 6.54 Å². The number of para-hydroxylation sites is 1. The van der Waals surface area contributed by atoms with Crippen LogP contribution in [0.4, 0.5) is 11.4 Å². The lowest BCUT2D eigenvalue weighted by Crippen LogP contribution is -2.44. The van der Waals surface area contributed by atoms with Gasteiger partial charge in [-0.05, 0) is 37.3 Å². The Balaban J connectivity index is 1.85. The molecular formula is C19H22N4O4S2. The molecule has 1 heterocycles. The van der Waals surface area contributed by atoms with Gasteiger partial charge in [-0.2, -0.15) is 12.7 Å². The molecule has 0 aliphatic carbocycles. The van der Waals surface area contributed by atoms with Gasteiger partial charge in [-0.15, -0.1) is 0 Å². The molecule has 0 fully saturated rings. The smallest absolute Gasteiger partial charge is 0.308 e. The van der Waals surface area contributed by atoms with E-state index in [-0.39, 0.29) is 11.4 Å². The molecule has 0 saturated heterocycles. The number of amides is 1. The number of aryl methyl sites for hydroxylation is 1. The number of hydrogen-bond acceptors (Lipinski definition) is 5. The molecule has 1 amide bonds. The van der Waals surface area contributed by atoms with Gasteiger partial charge in [-0.1, -0.05) is 29.5 Å². The summed E-state index contributed by atoms with van der Waals surface area (Å²) in [7, 11) is -1.03. The maximum absolute atomic E-state index is 12.7. The lowest BCUT2D eigenvalue weighted by Gasteiger charge is -2.26. The van der Waals surface area contributed by atoms with Crippen LogP contribution < -0.4 is 14.5 Å². The van der Waals surface area contributed by atoms with Crippen molar-refractivity contribution >= 4 is 49.0 Å². The van der Waals surface area contributed by atoms with Crippen LogP contribution in [0, 0.1) is 0 Å². The van der Waals surface area contributed by atoms with E-state index in [0.29, 0.717) is 17.9 Å². The van der Waals surface area contributed by atoms with Gasteiger partial charge in [0.2, 0.25) is 5.91 Å². The average molecular weight is 435 g/mol. The summed E-state index contributed by atoms with van der Waals surface area (Å²) in [5, 5.41) is 2.72. The van der Waals surface area contributed by atoms with Crippen molar-refractivity contribution in [3.63, 3.8) is 0 Å². The third-order valence-corrected chi connectivity index (χ3v) is 7.10. The maximum atomic E-state index is 12.7. The Kier molecular flexibility index (Phi) is 6.06. The Morgan fingerprint density at radius 2 is 1.83 bits per heavy atom. The lowest BCUT2D eigenvalue weighted by atomic mass is 10.3.